The molecule has 0 saturated carbocycles. The minimum atomic E-state index is -0.408. The number of aryl methyl sites for hydroxylation is 1. The Morgan fingerprint density at radius 3 is 2.88 bits per heavy atom. The first-order chi connectivity index (χ1) is 12.5. The molecule has 0 aliphatic carbocycles. The third-order valence-electron chi connectivity index (χ3n) is 4.49. The molecule has 1 atom stereocenters. The number of carbonyl (C=O) groups excluding carboxylic acids is 2. The van der Waals surface area contributed by atoms with E-state index in [4.69, 9.17) is 11.6 Å². The van der Waals surface area contributed by atoms with Gasteiger partial charge < -0.3 is 10.2 Å². The topological polar surface area (TPSA) is 62.3 Å². The maximum Gasteiger partial charge on any atom is 0.231 e. The highest BCUT2D eigenvalue weighted by Gasteiger charge is 2.35. The summed E-state index contributed by atoms with van der Waals surface area (Å²) in [5.74, 6) is -0.665. The normalized spacial score (nSPS) is 17.1. The van der Waals surface area contributed by atoms with Crippen molar-refractivity contribution in [2.24, 2.45) is 5.92 Å². The Labute approximate surface area is 159 Å². The fraction of sp³-hybridized carbons (Fsp3) is 0.211. The Morgan fingerprint density at radius 1 is 1.31 bits per heavy atom. The zero-order valence-electron chi connectivity index (χ0n) is 14.0. The molecule has 3 aromatic rings. The van der Waals surface area contributed by atoms with Gasteiger partial charge in [0.25, 0.3) is 0 Å². The van der Waals surface area contributed by atoms with Gasteiger partial charge in [0.15, 0.2) is 5.13 Å². The van der Waals surface area contributed by atoms with Crippen molar-refractivity contribution in [1.29, 1.82) is 0 Å². The van der Waals surface area contributed by atoms with Gasteiger partial charge in [-0.05, 0) is 36.8 Å². The monoisotopic (exact) mass is 385 g/mol. The van der Waals surface area contributed by atoms with Crippen LogP contribution in [0.4, 0.5) is 10.8 Å². The van der Waals surface area contributed by atoms with Gasteiger partial charge in [-0.3, -0.25) is 9.59 Å². The zero-order chi connectivity index (χ0) is 18.3. The Kier molecular flexibility index (Phi) is 4.38. The Hall–Kier alpha value is -2.44. The number of carbonyl (C=O) groups is 2. The first kappa shape index (κ1) is 17.0. The molecule has 2 heterocycles. The molecule has 0 radical (unpaired) electrons. The van der Waals surface area contributed by atoms with Gasteiger partial charge in [-0.1, -0.05) is 41.1 Å². The second kappa shape index (κ2) is 6.70. The number of hydrogen-bond donors (Lipinski definition) is 1. The number of rotatable bonds is 3. The minimum absolute atomic E-state index is 0.0747. The first-order valence-corrected chi connectivity index (χ1v) is 9.43. The molecular weight excluding hydrogens is 370 g/mol. The van der Waals surface area contributed by atoms with E-state index in [0.29, 0.717) is 16.7 Å². The van der Waals surface area contributed by atoms with Crippen LogP contribution >= 0.6 is 22.9 Å². The third kappa shape index (κ3) is 3.18. The Bertz CT molecular complexity index is 984. The largest absolute Gasteiger partial charge is 0.312 e. The molecule has 0 bridgehead atoms. The van der Waals surface area contributed by atoms with Crippen LogP contribution in [0.2, 0.25) is 5.02 Å². The van der Waals surface area contributed by atoms with Gasteiger partial charge in [0.1, 0.15) is 0 Å². The Morgan fingerprint density at radius 2 is 2.12 bits per heavy atom. The molecule has 1 N–H and O–H groups in total. The van der Waals surface area contributed by atoms with E-state index >= 15 is 0 Å². The second-order valence-electron chi connectivity index (χ2n) is 6.31. The Balaban J connectivity index is 1.48. The molecule has 7 heteroatoms. The SMILES string of the molecule is Cc1ccc(N2CC(C(=O)Nc3nc4ccccc4s3)CC2=O)cc1Cl. The summed E-state index contributed by atoms with van der Waals surface area (Å²) in [6, 6.07) is 13.2. The molecule has 2 amide bonds. The number of anilines is 2. The van der Waals surface area contributed by atoms with E-state index in [1.165, 1.54) is 11.3 Å². The quantitative estimate of drug-likeness (QED) is 0.733. The number of thiazole rings is 1. The van der Waals surface area contributed by atoms with E-state index in [2.05, 4.69) is 10.3 Å². The van der Waals surface area contributed by atoms with Crippen molar-refractivity contribution in [3.05, 3.63) is 53.1 Å². The first-order valence-electron chi connectivity index (χ1n) is 8.24. The van der Waals surface area contributed by atoms with Crippen molar-refractivity contribution < 1.29 is 9.59 Å². The predicted octanol–water partition coefficient (Wildman–Crippen LogP) is 4.25. The van der Waals surface area contributed by atoms with Crippen LogP contribution in [0.25, 0.3) is 10.2 Å². The van der Waals surface area contributed by atoms with Crippen molar-refractivity contribution in [2.75, 3.05) is 16.8 Å². The fourth-order valence-electron chi connectivity index (χ4n) is 3.02. The average molecular weight is 386 g/mol. The molecule has 1 aliphatic rings. The van der Waals surface area contributed by atoms with E-state index in [1.807, 2.05) is 43.3 Å². The van der Waals surface area contributed by atoms with E-state index in [-0.39, 0.29) is 18.2 Å². The smallest absolute Gasteiger partial charge is 0.231 e. The van der Waals surface area contributed by atoms with E-state index in [9.17, 15) is 9.59 Å². The summed E-state index contributed by atoms with van der Waals surface area (Å²) in [6.45, 7) is 2.25. The lowest BCUT2D eigenvalue weighted by molar-refractivity contribution is -0.122. The lowest BCUT2D eigenvalue weighted by Crippen LogP contribution is -2.28. The standard InChI is InChI=1S/C19H16ClN3O2S/c1-11-6-7-13(9-14(11)20)23-10-12(8-17(23)24)18(25)22-19-21-15-4-2-3-5-16(15)26-19/h2-7,9,12H,8,10H2,1H3,(H,21,22,25). The van der Waals surface area contributed by atoms with E-state index in [0.717, 1.165) is 21.5 Å². The molecule has 132 valence electrons. The minimum Gasteiger partial charge on any atom is -0.312 e. The highest BCUT2D eigenvalue weighted by atomic mass is 35.5. The molecule has 1 saturated heterocycles. The summed E-state index contributed by atoms with van der Waals surface area (Å²) < 4.78 is 1.02. The number of amides is 2. The molecular formula is C19H16ClN3O2S. The molecule has 2 aromatic carbocycles. The van der Waals surface area contributed by atoms with Crippen LogP contribution < -0.4 is 10.2 Å². The second-order valence-corrected chi connectivity index (χ2v) is 7.75. The molecule has 1 aliphatic heterocycles. The summed E-state index contributed by atoms with van der Waals surface area (Å²) in [5.41, 5.74) is 2.53. The van der Waals surface area contributed by atoms with Crippen molar-refractivity contribution in [3.8, 4) is 0 Å². The molecule has 1 unspecified atom stereocenters. The van der Waals surface area contributed by atoms with Crippen molar-refractivity contribution >= 4 is 55.8 Å². The number of halogens is 1. The van der Waals surface area contributed by atoms with E-state index in [1.54, 1.807) is 11.0 Å². The summed E-state index contributed by atoms with van der Waals surface area (Å²) in [5, 5.41) is 4.01. The van der Waals surface area contributed by atoms with Crippen molar-refractivity contribution in [1.82, 2.24) is 4.98 Å². The predicted molar refractivity (Wildman–Crippen MR) is 105 cm³/mol. The number of benzene rings is 2. The summed E-state index contributed by atoms with van der Waals surface area (Å²) in [6.07, 6.45) is 0.183. The molecule has 26 heavy (non-hydrogen) atoms. The highest BCUT2D eigenvalue weighted by molar-refractivity contribution is 7.22. The fourth-order valence-corrected chi connectivity index (χ4v) is 4.06. The maximum absolute atomic E-state index is 12.6. The van der Waals surface area contributed by atoms with Crippen LogP contribution in [0, 0.1) is 12.8 Å². The average Bonchev–Trinajstić information content (AvgIpc) is 3.20. The van der Waals surface area contributed by atoms with Gasteiger partial charge in [0, 0.05) is 23.7 Å². The molecule has 4 rings (SSSR count). The van der Waals surface area contributed by atoms with Crippen LogP contribution in [0.1, 0.15) is 12.0 Å². The number of para-hydroxylation sites is 1. The number of nitrogens with one attached hydrogen (secondary N) is 1. The van der Waals surface area contributed by atoms with E-state index < -0.39 is 5.92 Å². The van der Waals surface area contributed by atoms with Gasteiger partial charge in [-0.15, -0.1) is 0 Å². The van der Waals surface area contributed by atoms with Crippen LogP contribution in [-0.4, -0.2) is 23.3 Å². The maximum atomic E-state index is 12.6. The van der Waals surface area contributed by atoms with Crippen LogP contribution in [0.5, 0.6) is 0 Å². The van der Waals surface area contributed by atoms with Crippen LogP contribution in [0.15, 0.2) is 42.5 Å². The van der Waals surface area contributed by atoms with Gasteiger partial charge in [-0.25, -0.2) is 4.98 Å². The number of nitrogens with zero attached hydrogens (tertiary/aromatic N) is 2. The number of hydrogen-bond acceptors (Lipinski definition) is 4. The zero-order valence-corrected chi connectivity index (χ0v) is 15.6. The molecule has 1 aromatic heterocycles. The molecule has 5 nitrogen and oxygen atoms in total. The van der Waals surface area contributed by atoms with Gasteiger partial charge in [-0.2, -0.15) is 0 Å². The summed E-state index contributed by atoms with van der Waals surface area (Å²) in [7, 11) is 0. The number of aromatic nitrogens is 1. The summed E-state index contributed by atoms with van der Waals surface area (Å²) in [4.78, 5) is 31.0. The van der Waals surface area contributed by atoms with Gasteiger partial charge >= 0.3 is 0 Å². The third-order valence-corrected chi connectivity index (χ3v) is 5.85. The molecule has 1 fully saturated rings. The van der Waals surface area contributed by atoms with Crippen molar-refractivity contribution in [2.45, 2.75) is 13.3 Å². The van der Waals surface area contributed by atoms with Crippen LogP contribution in [-0.2, 0) is 9.59 Å². The summed E-state index contributed by atoms with van der Waals surface area (Å²) >= 11 is 7.59. The van der Waals surface area contributed by atoms with Crippen molar-refractivity contribution in [3.63, 3.8) is 0 Å². The number of fused-ring (bicyclic) bond motifs is 1. The van der Waals surface area contributed by atoms with Gasteiger partial charge in [0.2, 0.25) is 11.8 Å². The van der Waals surface area contributed by atoms with Gasteiger partial charge in [0.05, 0.1) is 16.1 Å². The van der Waals surface area contributed by atoms with Crippen LogP contribution in [0.3, 0.4) is 0 Å². The molecule has 0 spiro atoms. The lowest BCUT2D eigenvalue weighted by Gasteiger charge is -2.17. The lowest BCUT2D eigenvalue weighted by atomic mass is 10.1. The highest BCUT2D eigenvalue weighted by Crippen LogP contribution is 2.30.